The number of hydrogen-bond acceptors (Lipinski definition) is 1. The average molecular weight is 398 g/mol. The molecule has 0 aliphatic heterocycles. The second kappa shape index (κ2) is 8.89. The van der Waals surface area contributed by atoms with Crippen molar-refractivity contribution in [1.82, 2.24) is 4.65 Å². The van der Waals surface area contributed by atoms with E-state index in [1.165, 1.54) is 0 Å². The molecule has 0 aliphatic carbocycles. The Hall–Kier alpha value is -1.17. The van der Waals surface area contributed by atoms with Gasteiger partial charge in [0.05, 0.1) is 0 Å². The van der Waals surface area contributed by atoms with E-state index in [1.54, 1.807) is 10.4 Å². The summed E-state index contributed by atoms with van der Waals surface area (Å²) in [6.45, 7) is 19.5. The van der Waals surface area contributed by atoms with Crippen LogP contribution in [0.2, 0.25) is 22.2 Å². The van der Waals surface area contributed by atoms with Crippen LogP contribution in [-0.4, -0.2) is 16.5 Å². The summed E-state index contributed by atoms with van der Waals surface area (Å²) in [6, 6.07) is 22.7. The summed E-state index contributed by atoms with van der Waals surface area (Å²) >= 11 is 0. The van der Waals surface area contributed by atoms with E-state index in [2.05, 4.69) is 121 Å². The highest BCUT2D eigenvalue weighted by molar-refractivity contribution is 7.06. The molecule has 0 spiro atoms. The van der Waals surface area contributed by atoms with Gasteiger partial charge in [0.2, 0.25) is 0 Å². The maximum Gasteiger partial charge on any atom is 0.156 e. The fraction of sp³-hybridized carbons (Fsp3) is 0.500. The summed E-state index contributed by atoms with van der Waals surface area (Å²) in [5, 5.41) is 3.12. The zero-order valence-corrected chi connectivity index (χ0v) is 20.6. The first-order valence-electron chi connectivity index (χ1n) is 10.6. The summed E-state index contributed by atoms with van der Waals surface area (Å²) in [5.74, 6) is 0. The van der Waals surface area contributed by atoms with E-state index in [1.807, 2.05) is 0 Å². The summed E-state index contributed by atoms with van der Waals surface area (Å²) in [4.78, 5) is 0. The van der Waals surface area contributed by atoms with Crippen molar-refractivity contribution in [1.29, 1.82) is 0 Å². The monoisotopic (exact) mass is 397 g/mol. The topological polar surface area (TPSA) is 12.0 Å². The highest BCUT2D eigenvalue weighted by Crippen LogP contribution is 2.37. The Bertz CT molecular complexity index is 615. The van der Waals surface area contributed by atoms with Crippen LogP contribution in [0.25, 0.3) is 0 Å². The standard InChI is InChI=1S/C24H39NSi2/c1-19(2)26(20(3)4,23-15-11-9-12-16-23)25-27(21(5)6,22(7)8)24-17-13-10-14-18-24/h9-22,25H,1-8H3. The van der Waals surface area contributed by atoms with Crippen molar-refractivity contribution in [3.05, 3.63) is 60.7 Å². The first-order chi connectivity index (χ1) is 12.7. The predicted octanol–water partition coefficient (Wildman–Crippen LogP) is 5.92. The van der Waals surface area contributed by atoms with Gasteiger partial charge in [0.1, 0.15) is 0 Å². The van der Waals surface area contributed by atoms with Crippen LogP contribution >= 0.6 is 0 Å². The van der Waals surface area contributed by atoms with E-state index in [4.69, 9.17) is 0 Å². The first-order valence-corrected chi connectivity index (χ1v) is 14.9. The van der Waals surface area contributed by atoms with Crippen molar-refractivity contribution < 1.29 is 0 Å². The van der Waals surface area contributed by atoms with Crippen molar-refractivity contribution in [3.8, 4) is 0 Å². The third-order valence-corrected chi connectivity index (χ3v) is 19.7. The van der Waals surface area contributed by atoms with Gasteiger partial charge in [0, 0.05) is 0 Å². The molecule has 2 aromatic carbocycles. The first kappa shape index (κ1) is 22.1. The van der Waals surface area contributed by atoms with Gasteiger partial charge in [-0.3, -0.25) is 0 Å². The maximum absolute atomic E-state index is 4.59. The van der Waals surface area contributed by atoms with Crippen LogP contribution in [0.4, 0.5) is 0 Å². The lowest BCUT2D eigenvalue weighted by molar-refractivity contribution is 0.837. The van der Waals surface area contributed by atoms with Crippen molar-refractivity contribution in [3.63, 3.8) is 0 Å². The minimum Gasteiger partial charge on any atom is -0.351 e. The van der Waals surface area contributed by atoms with Gasteiger partial charge < -0.3 is 4.65 Å². The summed E-state index contributed by atoms with van der Waals surface area (Å²) < 4.78 is 4.59. The van der Waals surface area contributed by atoms with Crippen LogP contribution < -0.4 is 15.0 Å². The highest BCUT2D eigenvalue weighted by atomic mass is 28.4. The molecule has 0 aromatic heterocycles. The molecule has 1 N–H and O–H groups in total. The van der Waals surface area contributed by atoms with Gasteiger partial charge in [-0.15, -0.1) is 0 Å². The molecule has 3 heteroatoms. The molecule has 0 atom stereocenters. The second-order valence-corrected chi connectivity index (χ2v) is 19.5. The van der Waals surface area contributed by atoms with Crippen LogP contribution in [0, 0.1) is 0 Å². The number of benzene rings is 2. The molecular formula is C24H39NSi2. The Morgan fingerprint density at radius 3 is 0.963 bits per heavy atom. The predicted molar refractivity (Wildman–Crippen MR) is 127 cm³/mol. The number of nitrogens with one attached hydrogen (secondary N) is 1. The Labute approximate surface area is 169 Å². The molecule has 0 aliphatic rings. The lowest BCUT2D eigenvalue weighted by Crippen LogP contribution is -2.78. The minimum absolute atomic E-state index is 0.632. The fourth-order valence-electron chi connectivity index (χ4n) is 5.16. The minimum atomic E-state index is -1.96. The summed E-state index contributed by atoms with van der Waals surface area (Å²) in [5.41, 5.74) is 2.53. The normalized spacial score (nSPS) is 13.2. The molecule has 1 nitrogen and oxygen atoms in total. The van der Waals surface area contributed by atoms with Crippen molar-refractivity contribution in [2.75, 3.05) is 0 Å². The second-order valence-electron chi connectivity index (χ2n) is 9.21. The van der Waals surface area contributed by atoms with Crippen LogP contribution in [0.3, 0.4) is 0 Å². The zero-order chi connectivity index (χ0) is 20.2. The van der Waals surface area contributed by atoms with Crippen LogP contribution in [0.5, 0.6) is 0 Å². The van der Waals surface area contributed by atoms with E-state index >= 15 is 0 Å². The van der Waals surface area contributed by atoms with Gasteiger partial charge in [0.25, 0.3) is 0 Å². The molecule has 27 heavy (non-hydrogen) atoms. The zero-order valence-electron chi connectivity index (χ0n) is 18.6. The molecule has 0 radical (unpaired) electrons. The largest absolute Gasteiger partial charge is 0.351 e. The van der Waals surface area contributed by atoms with E-state index in [-0.39, 0.29) is 0 Å². The smallest absolute Gasteiger partial charge is 0.156 e. The van der Waals surface area contributed by atoms with Gasteiger partial charge in [-0.1, -0.05) is 116 Å². The lowest BCUT2D eigenvalue weighted by atomic mass is 10.4. The van der Waals surface area contributed by atoms with Gasteiger partial charge in [-0.25, -0.2) is 0 Å². The third kappa shape index (κ3) is 4.01. The number of hydrogen-bond donors (Lipinski definition) is 1. The molecule has 148 valence electrons. The average Bonchev–Trinajstić information content (AvgIpc) is 2.63. The molecular weight excluding hydrogens is 358 g/mol. The van der Waals surface area contributed by atoms with E-state index in [0.717, 1.165) is 0 Å². The van der Waals surface area contributed by atoms with Crippen LogP contribution in [0.15, 0.2) is 60.7 Å². The SMILES string of the molecule is CC(C)[Si](N[Si](c1ccccc1)(C(C)C)C(C)C)(c1ccccc1)C(C)C. The van der Waals surface area contributed by atoms with Crippen molar-refractivity contribution in [2.24, 2.45) is 0 Å². The molecule has 0 unspecified atom stereocenters. The van der Waals surface area contributed by atoms with E-state index in [9.17, 15) is 0 Å². The van der Waals surface area contributed by atoms with E-state index < -0.39 is 16.5 Å². The van der Waals surface area contributed by atoms with Crippen LogP contribution in [0.1, 0.15) is 55.4 Å². The Balaban J connectivity index is 2.75. The fourth-order valence-corrected chi connectivity index (χ4v) is 20.5. The Morgan fingerprint density at radius 1 is 0.481 bits per heavy atom. The lowest BCUT2D eigenvalue weighted by Gasteiger charge is -2.51. The maximum atomic E-state index is 4.59. The Kier molecular flexibility index (Phi) is 7.29. The van der Waals surface area contributed by atoms with Gasteiger partial charge in [-0.05, 0) is 32.5 Å². The molecule has 0 saturated carbocycles. The van der Waals surface area contributed by atoms with Gasteiger partial charge in [0.15, 0.2) is 16.5 Å². The Morgan fingerprint density at radius 2 is 0.741 bits per heavy atom. The molecule has 0 saturated heterocycles. The third-order valence-electron chi connectivity index (χ3n) is 6.56. The van der Waals surface area contributed by atoms with Gasteiger partial charge in [-0.2, -0.15) is 0 Å². The summed E-state index contributed by atoms with van der Waals surface area (Å²) in [7, 11) is -3.92. The number of rotatable bonds is 8. The van der Waals surface area contributed by atoms with Crippen LogP contribution in [-0.2, 0) is 0 Å². The molecule has 0 fully saturated rings. The quantitative estimate of drug-likeness (QED) is 0.545. The highest BCUT2D eigenvalue weighted by Gasteiger charge is 2.52. The molecule has 0 heterocycles. The van der Waals surface area contributed by atoms with E-state index in [0.29, 0.717) is 22.2 Å². The van der Waals surface area contributed by atoms with Crippen molar-refractivity contribution >= 4 is 26.8 Å². The molecule has 2 aromatic rings. The summed E-state index contributed by atoms with van der Waals surface area (Å²) in [6.07, 6.45) is 0. The van der Waals surface area contributed by atoms with Crippen molar-refractivity contribution in [2.45, 2.75) is 77.6 Å². The molecule has 0 bridgehead atoms. The van der Waals surface area contributed by atoms with Gasteiger partial charge >= 0.3 is 0 Å². The molecule has 0 amide bonds. The molecule has 2 rings (SSSR count).